The van der Waals surface area contributed by atoms with E-state index in [-0.39, 0.29) is 5.97 Å². The van der Waals surface area contributed by atoms with E-state index in [9.17, 15) is 4.79 Å². The molecule has 2 rings (SSSR count). The lowest BCUT2D eigenvalue weighted by atomic mass is 9.95. The molecule has 0 aliphatic carbocycles. The summed E-state index contributed by atoms with van der Waals surface area (Å²) in [6.07, 6.45) is 4.39. The molecule has 4 heteroatoms. The normalized spacial score (nSPS) is 12.1. The summed E-state index contributed by atoms with van der Waals surface area (Å²) in [5.41, 5.74) is 1.90. The second-order valence-electron chi connectivity index (χ2n) is 5.79. The van der Waals surface area contributed by atoms with Crippen LogP contribution in [0.4, 0.5) is 0 Å². The van der Waals surface area contributed by atoms with Crippen LogP contribution in [0.3, 0.4) is 0 Å². The van der Waals surface area contributed by atoms with Crippen LogP contribution < -0.4 is 0 Å². The van der Waals surface area contributed by atoms with Crippen molar-refractivity contribution in [3.63, 3.8) is 0 Å². The first-order chi connectivity index (χ1) is 11.1. The molecule has 0 aliphatic rings. The van der Waals surface area contributed by atoms with E-state index >= 15 is 0 Å². The first-order valence-corrected chi connectivity index (χ1v) is 9.11. The minimum atomic E-state index is -0.301. The number of benzene rings is 1. The molecule has 1 heterocycles. The van der Waals surface area contributed by atoms with Gasteiger partial charge < -0.3 is 4.74 Å². The van der Waals surface area contributed by atoms with Gasteiger partial charge in [-0.05, 0) is 44.6 Å². The summed E-state index contributed by atoms with van der Waals surface area (Å²) in [5, 5.41) is 1.04. The fraction of sp³-hybridized carbons (Fsp3) is 0.474. The van der Waals surface area contributed by atoms with Crippen molar-refractivity contribution in [2.24, 2.45) is 0 Å². The van der Waals surface area contributed by atoms with Gasteiger partial charge in [-0.2, -0.15) is 0 Å². The topological polar surface area (TPSA) is 39.2 Å². The number of unbranched alkanes of at least 4 members (excludes halogenated alkanes) is 1. The van der Waals surface area contributed by atoms with Gasteiger partial charge in [-0.1, -0.05) is 43.7 Å². The molecular weight excluding hydrogens is 306 g/mol. The second kappa shape index (κ2) is 8.82. The molecular formula is C19H25NO2S. The van der Waals surface area contributed by atoms with Crippen LogP contribution in [-0.4, -0.2) is 17.6 Å². The molecule has 0 saturated carbocycles. The lowest BCUT2D eigenvalue weighted by Gasteiger charge is -2.11. The number of carbonyl (C=O) groups excluding carboxylic acids is 1. The number of hydrogen-bond donors (Lipinski definition) is 0. The Morgan fingerprint density at radius 3 is 2.70 bits per heavy atom. The van der Waals surface area contributed by atoms with E-state index < -0.39 is 0 Å². The van der Waals surface area contributed by atoms with Crippen molar-refractivity contribution in [2.75, 3.05) is 6.61 Å². The highest BCUT2D eigenvalue weighted by Crippen LogP contribution is 2.23. The number of nitrogens with zero attached hydrogens (tertiary/aromatic N) is 1. The van der Waals surface area contributed by atoms with Gasteiger partial charge >= 0.3 is 5.97 Å². The van der Waals surface area contributed by atoms with E-state index in [2.05, 4.69) is 42.2 Å². The van der Waals surface area contributed by atoms with E-state index in [4.69, 9.17) is 4.74 Å². The number of rotatable bonds is 8. The Morgan fingerprint density at radius 1 is 1.26 bits per heavy atom. The summed E-state index contributed by atoms with van der Waals surface area (Å²) < 4.78 is 5.03. The second-order valence-corrected chi connectivity index (χ2v) is 7.08. The van der Waals surface area contributed by atoms with Gasteiger partial charge in [0.25, 0.3) is 0 Å². The van der Waals surface area contributed by atoms with Crippen molar-refractivity contribution in [1.29, 1.82) is 0 Å². The van der Waals surface area contributed by atoms with E-state index in [1.54, 1.807) is 11.3 Å². The highest BCUT2D eigenvalue weighted by molar-refractivity contribution is 7.11. The standard InChI is InChI=1S/C19H25NO2S/c1-4-22-19(21)18-15(3)23-17(20-18)13-9-8-10-14(2)16-11-6-5-7-12-16/h5-7,11-12,14H,4,8-10,13H2,1-3H3. The molecule has 0 fully saturated rings. The summed E-state index contributed by atoms with van der Waals surface area (Å²) in [4.78, 5) is 17.2. The fourth-order valence-electron chi connectivity index (χ4n) is 2.62. The van der Waals surface area contributed by atoms with Gasteiger partial charge in [0.1, 0.15) is 0 Å². The lowest BCUT2D eigenvalue weighted by molar-refractivity contribution is 0.0519. The Bertz CT molecular complexity index is 622. The number of carbonyl (C=O) groups is 1. The average molecular weight is 331 g/mol. The molecule has 23 heavy (non-hydrogen) atoms. The highest BCUT2D eigenvalue weighted by atomic mass is 32.1. The first-order valence-electron chi connectivity index (χ1n) is 8.30. The fourth-order valence-corrected chi connectivity index (χ4v) is 3.58. The highest BCUT2D eigenvalue weighted by Gasteiger charge is 2.16. The molecule has 1 atom stereocenters. The number of hydrogen-bond acceptors (Lipinski definition) is 4. The van der Waals surface area contributed by atoms with Gasteiger partial charge in [-0.25, -0.2) is 9.78 Å². The Balaban J connectivity index is 1.78. The molecule has 0 radical (unpaired) electrons. The van der Waals surface area contributed by atoms with Gasteiger partial charge in [-0.3, -0.25) is 0 Å². The predicted molar refractivity (Wildman–Crippen MR) is 95.2 cm³/mol. The summed E-state index contributed by atoms with van der Waals surface area (Å²) in [6, 6.07) is 10.6. The number of esters is 1. The number of aromatic nitrogens is 1. The molecule has 3 nitrogen and oxygen atoms in total. The maximum absolute atomic E-state index is 11.8. The molecule has 0 amide bonds. The molecule has 0 saturated heterocycles. The maximum atomic E-state index is 11.8. The van der Waals surface area contributed by atoms with E-state index in [1.165, 1.54) is 18.4 Å². The maximum Gasteiger partial charge on any atom is 0.358 e. The molecule has 0 spiro atoms. The first kappa shape index (κ1) is 17.7. The van der Waals surface area contributed by atoms with Crippen LogP contribution >= 0.6 is 11.3 Å². The predicted octanol–water partition coefficient (Wildman–Crippen LogP) is 5.14. The third-order valence-corrected chi connectivity index (χ3v) is 4.99. The van der Waals surface area contributed by atoms with Crippen LogP contribution in [0.25, 0.3) is 0 Å². The molecule has 1 aromatic heterocycles. The van der Waals surface area contributed by atoms with Gasteiger partial charge in [0, 0.05) is 4.88 Å². The number of thiazole rings is 1. The molecule has 0 bridgehead atoms. The van der Waals surface area contributed by atoms with Crippen LogP contribution in [-0.2, 0) is 11.2 Å². The summed E-state index contributed by atoms with van der Waals surface area (Å²) in [5.74, 6) is 0.287. The molecule has 0 N–H and O–H groups in total. The van der Waals surface area contributed by atoms with Crippen LogP contribution in [0, 0.1) is 6.92 Å². The van der Waals surface area contributed by atoms with Crippen LogP contribution in [0.15, 0.2) is 30.3 Å². The summed E-state index contributed by atoms with van der Waals surface area (Å²) >= 11 is 1.61. The van der Waals surface area contributed by atoms with Crippen molar-refractivity contribution >= 4 is 17.3 Å². The van der Waals surface area contributed by atoms with Crippen LogP contribution in [0.5, 0.6) is 0 Å². The Labute approximate surface area is 142 Å². The van der Waals surface area contributed by atoms with E-state index in [0.717, 1.165) is 22.7 Å². The van der Waals surface area contributed by atoms with Gasteiger partial charge in [0.05, 0.1) is 11.6 Å². The monoisotopic (exact) mass is 331 g/mol. The Kier molecular flexibility index (Phi) is 6.78. The Hall–Kier alpha value is -1.68. The molecule has 1 aromatic carbocycles. The third kappa shape index (κ3) is 5.17. The Morgan fingerprint density at radius 2 is 2.00 bits per heavy atom. The van der Waals surface area contributed by atoms with Gasteiger partial charge in [0.2, 0.25) is 0 Å². The van der Waals surface area contributed by atoms with Crippen molar-refractivity contribution < 1.29 is 9.53 Å². The van der Waals surface area contributed by atoms with Crippen molar-refractivity contribution in [3.05, 3.63) is 51.5 Å². The van der Waals surface area contributed by atoms with E-state index in [1.807, 2.05) is 13.8 Å². The van der Waals surface area contributed by atoms with Crippen LogP contribution in [0.2, 0.25) is 0 Å². The molecule has 124 valence electrons. The summed E-state index contributed by atoms with van der Waals surface area (Å²) in [6.45, 7) is 6.42. The van der Waals surface area contributed by atoms with Crippen molar-refractivity contribution in [1.82, 2.24) is 4.98 Å². The third-order valence-electron chi connectivity index (χ3n) is 3.96. The molecule has 1 unspecified atom stereocenters. The van der Waals surface area contributed by atoms with Gasteiger partial charge in [0.15, 0.2) is 5.69 Å². The number of ether oxygens (including phenoxy) is 1. The SMILES string of the molecule is CCOC(=O)c1nc(CCCCC(C)c2ccccc2)sc1C. The minimum absolute atomic E-state index is 0.301. The van der Waals surface area contributed by atoms with Crippen molar-refractivity contribution in [3.8, 4) is 0 Å². The lowest BCUT2D eigenvalue weighted by Crippen LogP contribution is -2.06. The quantitative estimate of drug-likeness (QED) is 0.496. The minimum Gasteiger partial charge on any atom is -0.461 e. The largest absolute Gasteiger partial charge is 0.461 e. The van der Waals surface area contributed by atoms with Gasteiger partial charge in [-0.15, -0.1) is 11.3 Å². The van der Waals surface area contributed by atoms with Crippen LogP contribution in [0.1, 0.15) is 65.0 Å². The van der Waals surface area contributed by atoms with Crippen molar-refractivity contribution in [2.45, 2.75) is 52.4 Å². The zero-order valence-corrected chi connectivity index (χ0v) is 15.0. The zero-order chi connectivity index (χ0) is 16.7. The average Bonchev–Trinajstić information content (AvgIpc) is 2.93. The summed E-state index contributed by atoms with van der Waals surface area (Å²) in [7, 11) is 0. The molecule has 0 aliphatic heterocycles. The number of aryl methyl sites for hydroxylation is 2. The smallest absolute Gasteiger partial charge is 0.358 e. The van der Waals surface area contributed by atoms with E-state index in [0.29, 0.717) is 18.2 Å². The zero-order valence-electron chi connectivity index (χ0n) is 14.2. The molecule has 2 aromatic rings.